The summed E-state index contributed by atoms with van der Waals surface area (Å²) in [6.07, 6.45) is 0.798. The normalized spacial score (nSPS) is 12.5. The molecule has 0 bridgehead atoms. The lowest BCUT2D eigenvalue weighted by molar-refractivity contribution is 0.342. The van der Waals surface area contributed by atoms with Crippen LogP contribution in [0, 0.1) is 0 Å². The molecule has 3 nitrogen and oxygen atoms in total. The second-order valence-electron chi connectivity index (χ2n) is 5.32. The van der Waals surface area contributed by atoms with Crippen molar-refractivity contribution in [3.8, 4) is 0 Å². The van der Waals surface area contributed by atoms with Gasteiger partial charge in [-0.3, -0.25) is 9.89 Å². The monoisotopic (exact) mass is 210 g/mol. The Labute approximate surface area is 91.5 Å². The minimum Gasteiger partial charge on any atom is -0.299 e. The molecule has 1 aromatic heterocycles. The van der Waals surface area contributed by atoms with E-state index in [0.29, 0.717) is 5.92 Å². The van der Waals surface area contributed by atoms with Crippen LogP contribution >= 0.6 is 0 Å². The van der Waals surface area contributed by atoms with Crippen LogP contribution in [0.3, 0.4) is 0 Å². The van der Waals surface area contributed by atoms with Gasteiger partial charge in [-0.15, -0.1) is 0 Å². The van der Waals surface area contributed by atoms with Crippen LogP contribution in [-0.2, 0) is 12.0 Å². The summed E-state index contributed by atoms with van der Waals surface area (Å²) >= 11 is 0. The number of nitrogens with one attached hydrogen (secondary N) is 1. The lowest BCUT2D eigenvalue weighted by Crippen LogP contribution is -2.33. The third kappa shape index (κ3) is 2.16. The molecule has 3 heteroatoms. The second-order valence-corrected chi connectivity index (χ2v) is 5.32. The van der Waals surface area contributed by atoms with E-state index >= 15 is 0 Å². The van der Waals surface area contributed by atoms with Crippen LogP contribution in [0.15, 0.2) is 4.79 Å². The molecule has 0 saturated heterocycles. The van der Waals surface area contributed by atoms with E-state index in [4.69, 9.17) is 0 Å². The zero-order valence-corrected chi connectivity index (χ0v) is 10.6. The van der Waals surface area contributed by atoms with Crippen LogP contribution < -0.4 is 5.56 Å². The van der Waals surface area contributed by atoms with Crippen molar-refractivity contribution in [2.45, 2.75) is 59.4 Å². The van der Waals surface area contributed by atoms with Gasteiger partial charge in [0.25, 0.3) is 5.56 Å². The van der Waals surface area contributed by atoms with Gasteiger partial charge in [-0.05, 0) is 33.1 Å². The first kappa shape index (κ1) is 12.1. The average Bonchev–Trinajstić information content (AvgIpc) is 2.41. The van der Waals surface area contributed by atoms with E-state index in [1.165, 1.54) is 0 Å². The fourth-order valence-electron chi connectivity index (χ4n) is 1.78. The van der Waals surface area contributed by atoms with Crippen molar-refractivity contribution in [2.75, 3.05) is 0 Å². The van der Waals surface area contributed by atoms with E-state index in [0.717, 1.165) is 17.7 Å². The van der Waals surface area contributed by atoms with Crippen molar-refractivity contribution < 1.29 is 0 Å². The quantitative estimate of drug-likeness (QED) is 0.800. The van der Waals surface area contributed by atoms with Crippen molar-refractivity contribution >= 4 is 0 Å². The summed E-state index contributed by atoms with van der Waals surface area (Å²) in [7, 11) is 0. The Morgan fingerprint density at radius 1 is 1.33 bits per heavy atom. The molecule has 0 aromatic carbocycles. The van der Waals surface area contributed by atoms with E-state index in [2.05, 4.69) is 18.9 Å². The van der Waals surface area contributed by atoms with Crippen LogP contribution in [0.4, 0.5) is 0 Å². The molecule has 86 valence electrons. The number of aromatic amines is 1. The van der Waals surface area contributed by atoms with Crippen LogP contribution in [0.1, 0.15) is 58.7 Å². The van der Waals surface area contributed by atoms with Crippen LogP contribution in [-0.4, -0.2) is 9.78 Å². The lowest BCUT2D eigenvalue weighted by Gasteiger charge is -2.19. The SMILES string of the molecule is CCc1c(C(C)C)[nH]n(C(C)(C)C)c1=O. The highest BCUT2D eigenvalue weighted by atomic mass is 16.1. The van der Waals surface area contributed by atoms with E-state index < -0.39 is 0 Å². The molecule has 0 atom stereocenters. The van der Waals surface area contributed by atoms with Gasteiger partial charge >= 0.3 is 0 Å². The molecule has 0 aliphatic carbocycles. The molecule has 1 N–H and O–H groups in total. The molecule has 0 saturated carbocycles. The fraction of sp³-hybridized carbons (Fsp3) is 0.750. The van der Waals surface area contributed by atoms with Gasteiger partial charge in [-0.2, -0.15) is 0 Å². The predicted octanol–water partition coefficient (Wildman–Crippen LogP) is 2.62. The number of aromatic nitrogens is 2. The van der Waals surface area contributed by atoms with Crippen LogP contribution in [0.25, 0.3) is 0 Å². The van der Waals surface area contributed by atoms with Crippen molar-refractivity contribution in [3.05, 3.63) is 21.6 Å². The van der Waals surface area contributed by atoms with E-state index in [9.17, 15) is 4.79 Å². The predicted molar refractivity (Wildman–Crippen MR) is 63.5 cm³/mol. The van der Waals surface area contributed by atoms with E-state index in [1.54, 1.807) is 4.68 Å². The molecule has 1 rings (SSSR count). The Bertz CT molecular complexity index is 391. The van der Waals surface area contributed by atoms with Crippen molar-refractivity contribution in [1.29, 1.82) is 0 Å². The van der Waals surface area contributed by atoms with Gasteiger partial charge in [-0.25, -0.2) is 4.68 Å². The molecule has 0 radical (unpaired) electrons. The first-order valence-corrected chi connectivity index (χ1v) is 5.63. The van der Waals surface area contributed by atoms with Gasteiger partial charge in [-0.1, -0.05) is 20.8 Å². The number of nitrogens with zero attached hydrogens (tertiary/aromatic N) is 1. The standard InChI is InChI=1S/C12H22N2O/c1-7-9-10(8(2)3)13-14(11(9)15)12(4,5)6/h8,13H,7H2,1-6H3. The van der Waals surface area contributed by atoms with Crippen molar-refractivity contribution in [1.82, 2.24) is 9.78 Å². The average molecular weight is 210 g/mol. The van der Waals surface area contributed by atoms with E-state index in [-0.39, 0.29) is 11.1 Å². The Hall–Kier alpha value is -0.990. The summed E-state index contributed by atoms with van der Waals surface area (Å²) in [4.78, 5) is 12.1. The van der Waals surface area contributed by atoms with Gasteiger partial charge in [0.1, 0.15) is 0 Å². The third-order valence-corrected chi connectivity index (χ3v) is 2.62. The molecular weight excluding hydrogens is 188 g/mol. The topological polar surface area (TPSA) is 37.8 Å². The number of hydrogen-bond donors (Lipinski definition) is 1. The number of rotatable bonds is 2. The maximum absolute atomic E-state index is 12.1. The smallest absolute Gasteiger partial charge is 0.270 e. The molecular formula is C12H22N2O. The van der Waals surface area contributed by atoms with Gasteiger partial charge in [0.05, 0.1) is 5.54 Å². The molecule has 0 amide bonds. The molecule has 1 aromatic rings. The molecule has 0 unspecified atom stereocenters. The van der Waals surface area contributed by atoms with Gasteiger partial charge in [0, 0.05) is 11.3 Å². The second kappa shape index (κ2) is 3.87. The summed E-state index contributed by atoms with van der Waals surface area (Å²) in [5.41, 5.74) is 1.97. The Balaban J connectivity index is 3.41. The molecule has 0 aliphatic heterocycles. The highest BCUT2D eigenvalue weighted by molar-refractivity contribution is 5.21. The summed E-state index contributed by atoms with van der Waals surface area (Å²) in [5, 5.41) is 3.24. The minimum atomic E-state index is -0.172. The molecule has 0 aliphatic rings. The molecule has 1 heterocycles. The summed E-state index contributed by atoms with van der Waals surface area (Å²) in [5.74, 6) is 0.372. The third-order valence-electron chi connectivity index (χ3n) is 2.62. The Kier molecular flexibility index (Phi) is 3.12. The van der Waals surface area contributed by atoms with Crippen molar-refractivity contribution in [2.24, 2.45) is 0 Å². The highest BCUT2D eigenvalue weighted by Crippen LogP contribution is 2.18. The zero-order chi connectivity index (χ0) is 11.8. The van der Waals surface area contributed by atoms with Gasteiger partial charge in [0.15, 0.2) is 0 Å². The largest absolute Gasteiger partial charge is 0.299 e. The number of hydrogen-bond acceptors (Lipinski definition) is 1. The van der Waals surface area contributed by atoms with Crippen LogP contribution in [0.2, 0.25) is 0 Å². The Morgan fingerprint density at radius 3 is 2.13 bits per heavy atom. The summed E-state index contributed by atoms with van der Waals surface area (Å²) in [6.45, 7) is 12.4. The lowest BCUT2D eigenvalue weighted by atomic mass is 10.0. The van der Waals surface area contributed by atoms with Gasteiger partial charge < -0.3 is 0 Å². The maximum atomic E-state index is 12.1. The zero-order valence-electron chi connectivity index (χ0n) is 10.6. The molecule has 0 fully saturated rings. The first-order valence-electron chi connectivity index (χ1n) is 5.63. The summed E-state index contributed by atoms with van der Waals surface area (Å²) in [6, 6.07) is 0. The summed E-state index contributed by atoms with van der Waals surface area (Å²) < 4.78 is 1.74. The molecule has 0 spiro atoms. The molecule has 15 heavy (non-hydrogen) atoms. The van der Waals surface area contributed by atoms with Crippen LogP contribution in [0.5, 0.6) is 0 Å². The van der Waals surface area contributed by atoms with E-state index in [1.807, 2.05) is 27.7 Å². The fourth-order valence-corrected chi connectivity index (χ4v) is 1.78. The van der Waals surface area contributed by atoms with Crippen molar-refractivity contribution in [3.63, 3.8) is 0 Å². The Morgan fingerprint density at radius 2 is 1.87 bits per heavy atom. The minimum absolute atomic E-state index is 0.133. The first-order chi connectivity index (χ1) is 6.79. The number of H-pyrrole nitrogens is 1. The highest BCUT2D eigenvalue weighted by Gasteiger charge is 2.22. The maximum Gasteiger partial charge on any atom is 0.270 e. The van der Waals surface area contributed by atoms with Gasteiger partial charge in [0.2, 0.25) is 0 Å².